The zero-order valence-corrected chi connectivity index (χ0v) is 13.7. The second-order valence-electron chi connectivity index (χ2n) is 4.86. The lowest BCUT2D eigenvalue weighted by atomic mass is 10.1. The van der Waals surface area contributed by atoms with Crippen molar-refractivity contribution in [3.05, 3.63) is 23.8 Å². The van der Waals surface area contributed by atoms with E-state index in [1.807, 2.05) is 18.2 Å². The second-order valence-corrected chi connectivity index (χ2v) is 4.86. The van der Waals surface area contributed by atoms with Gasteiger partial charge in [0, 0.05) is 31.1 Å². The summed E-state index contributed by atoms with van der Waals surface area (Å²) in [7, 11) is 3.18. The van der Waals surface area contributed by atoms with Crippen molar-refractivity contribution >= 4 is 18.3 Å². The van der Waals surface area contributed by atoms with Crippen LogP contribution in [0.3, 0.4) is 0 Å². The monoisotopic (exact) mass is 330 g/mol. The molecule has 6 nitrogen and oxygen atoms in total. The zero-order chi connectivity index (χ0) is 15.1. The Hall–Kier alpha value is -1.50. The quantitative estimate of drug-likeness (QED) is 0.818. The van der Waals surface area contributed by atoms with Gasteiger partial charge >= 0.3 is 0 Å². The number of hydrogen-bond donors (Lipinski definition) is 2. The average molecular weight is 331 g/mol. The predicted molar refractivity (Wildman–Crippen MR) is 85.9 cm³/mol. The molecule has 22 heavy (non-hydrogen) atoms. The summed E-state index contributed by atoms with van der Waals surface area (Å²) in [5.41, 5.74) is 0.887. The third-order valence-corrected chi connectivity index (χ3v) is 3.39. The minimum Gasteiger partial charge on any atom is -0.493 e. The van der Waals surface area contributed by atoms with Crippen LogP contribution >= 0.6 is 12.4 Å². The molecule has 0 bridgehead atoms. The number of methoxy groups -OCH3 is 2. The molecule has 0 saturated carbocycles. The number of ether oxygens (including phenoxy) is 3. The first-order chi connectivity index (χ1) is 10.2. The Labute approximate surface area is 136 Å². The molecular formula is C15H23ClN2O4. The Morgan fingerprint density at radius 3 is 2.86 bits per heavy atom. The van der Waals surface area contributed by atoms with Gasteiger partial charge in [0.2, 0.25) is 5.91 Å². The van der Waals surface area contributed by atoms with Gasteiger partial charge in [-0.3, -0.25) is 4.79 Å². The van der Waals surface area contributed by atoms with Crippen LogP contribution in [0.2, 0.25) is 0 Å². The van der Waals surface area contributed by atoms with Gasteiger partial charge in [0.05, 0.1) is 27.4 Å². The maximum Gasteiger partial charge on any atom is 0.221 e. The van der Waals surface area contributed by atoms with Crippen molar-refractivity contribution in [2.75, 3.05) is 34.0 Å². The molecule has 0 spiro atoms. The minimum atomic E-state index is -0.0112. The van der Waals surface area contributed by atoms with E-state index in [1.165, 1.54) is 0 Å². The fourth-order valence-corrected chi connectivity index (χ4v) is 2.33. The van der Waals surface area contributed by atoms with Gasteiger partial charge in [-0.25, -0.2) is 0 Å². The number of carbonyl (C=O) groups excluding carboxylic acids is 1. The molecular weight excluding hydrogens is 308 g/mol. The number of benzene rings is 1. The molecule has 1 aromatic rings. The maximum atomic E-state index is 12.0. The lowest BCUT2D eigenvalue weighted by Gasteiger charge is -2.23. The lowest BCUT2D eigenvalue weighted by Crippen LogP contribution is -2.44. The van der Waals surface area contributed by atoms with Crippen molar-refractivity contribution in [1.29, 1.82) is 0 Å². The van der Waals surface area contributed by atoms with Gasteiger partial charge in [-0.05, 0) is 6.07 Å². The number of morpholine rings is 1. The molecule has 0 aromatic heterocycles. The standard InChI is InChI=1S/C15H22N2O4.ClH/c1-19-13-5-3-4-11(15(13)20-2)9-17-14(18)8-12-10-21-7-6-16-12;/h3-5,12,16H,6-10H2,1-2H3,(H,17,18);1H. The summed E-state index contributed by atoms with van der Waals surface area (Å²) in [6.07, 6.45) is 0.409. The van der Waals surface area contributed by atoms with Crippen LogP contribution < -0.4 is 20.1 Å². The molecule has 1 atom stereocenters. The molecule has 1 fully saturated rings. The van der Waals surface area contributed by atoms with Crippen LogP contribution in [0, 0.1) is 0 Å². The summed E-state index contributed by atoms with van der Waals surface area (Å²) < 4.78 is 15.9. The van der Waals surface area contributed by atoms with E-state index in [0.717, 1.165) is 12.1 Å². The predicted octanol–water partition coefficient (Wildman–Crippen LogP) is 1.12. The Morgan fingerprint density at radius 1 is 1.41 bits per heavy atom. The molecule has 1 aliphatic rings. The first-order valence-electron chi connectivity index (χ1n) is 7.02. The second kappa shape index (κ2) is 9.50. The Morgan fingerprint density at radius 2 is 2.23 bits per heavy atom. The van der Waals surface area contributed by atoms with Gasteiger partial charge in [0.25, 0.3) is 0 Å². The molecule has 1 heterocycles. The van der Waals surface area contributed by atoms with Crippen molar-refractivity contribution in [3.8, 4) is 11.5 Å². The summed E-state index contributed by atoms with van der Waals surface area (Å²) in [5.74, 6) is 1.30. The molecule has 1 aromatic carbocycles. The summed E-state index contributed by atoms with van der Waals surface area (Å²) in [6, 6.07) is 5.70. The number of hydrogen-bond acceptors (Lipinski definition) is 5. The maximum absolute atomic E-state index is 12.0. The van der Waals surface area contributed by atoms with Crippen molar-refractivity contribution in [3.63, 3.8) is 0 Å². The van der Waals surface area contributed by atoms with Crippen LogP contribution in [0.15, 0.2) is 18.2 Å². The summed E-state index contributed by atoms with van der Waals surface area (Å²) >= 11 is 0. The van der Waals surface area contributed by atoms with Crippen LogP contribution in [0.4, 0.5) is 0 Å². The molecule has 1 amide bonds. The number of carbonyl (C=O) groups is 1. The fraction of sp³-hybridized carbons (Fsp3) is 0.533. The largest absolute Gasteiger partial charge is 0.493 e. The van der Waals surface area contributed by atoms with Crippen molar-refractivity contribution in [2.45, 2.75) is 19.0 Å². The van der Waals surface area contributed by atoms with E-state index in [-0.39, 0.29) is 24.4 Å². The van der Waals surface area contributed by atoms with Gasteiger partial charge in [-0.15, -0.1) is 12.4 Å². The van der Waals surface area contributed by atoms with E-state index >= 15 is 0 Å². The molecule has 2 N–H and O–H groups in total. The highest BCUT2D eigenvalue weighted by Gasteiger charge is 2.17. The van der Waals surface area contributed by atoms with E-state index in [1.54, 1.807) is 14.2 Å². The lowest BCUT2D eigenvalue weighted by molar-refractivity contribution is -0.122. The van der Waals surface area contributed by atoms with E-state index in [4.69, 9.17) is 14.2 Å². The smallest absolute Gasteiger partial charge is 0.221 e. The third-order valence-electron chi connectivity index (χ3n) is 3.39. The molecule has 0 radical (unpaired) electrons. The average Bonchev–Trinajstić information content (AvgIpc) is 2.53. The van der Waals surface area contributed by atoms with Crippen LogP contribution in [-0.4, -0.2) is 45.9 Å². The summed E-state index contributed by atoms with van der Waals surface area (Å²) in [4.78, 5) is 12.0. The van der Waals surface area contributed by atoms with E-state index in [9.17, 15) is 4.79 Å². The number of rotatable bonds is 6. The van der Waals surface area contributed by atoms with Crippen LogP contribution in [0.25, 0.3) is 0 Å². The summed E-state index contributed by atoms with van der Waals surface area (Å²) in [6.45, 7) is 2.49. The molecule has 0 aliphatic carbocycles. The third kappa shape index (κ3) is 5.05. The number of amides is 1. The molecule has 2 rings (SSSR count). The van der Waals surface area contributed by atoms with E-state index < -0.39 is 0 Å². The first-order valence-corrected chi connectivity index (χ1v) is 7.02. The van der Waals surface area contributed by atoms with Crippen molar-refractivity contribution < 1.29 is 19.0 Å². The zero-order valence-electron chi connectivity index (χ0n) is 12.9. The number of halogens is 1. The topological polar surface area (TPSA) is 68.8 Å². The number of nitrogens with one attached hydrogen (secondary N) is 2. The molecule has 1 aliphatic heterocycles. The first kappa shape index (κ1) is 18.5. The highest BCUT2D eigenvalue weighted by atomic mass is 35.5. The van der Waals surface area contributed by atoms with Gasteiger partial charge in [0.1, 0.15) is 0 Å². The Bertz CT molecular complexity index is 479. The van der Waals surface area contributed by atoms with Gasteiger partial charge < -0.3 is 24.8 Å². The van der Waals surface area contributed by atoms with E-state index in [0.29, 0.717) is 37.7 Å². The van der Waals surface area contributed by atoms with Crippen molar-refractivity contribution in [2.24, 2.45) is 0 Å². The Balaban J connectivity index is 0.00000242. The molecule has 124 valence electrons. The normalized spacial score (nSPS) is 17.3. The van der Waals surface area contributed by atoms with Gasteiger partial charge in [-0.2, -0.15) is 0 Å². The fourth-order valence-electron chi connectivity index (χ4n) is 2.33. The van der Waals surface area contributed by atoms with Crippen LogP contribution in [-0.2, 0) is 16.1 Å². The summed E-state index contributed by atoms with van der Waals surface area (Å²) in [5, 5.41) is 6.16. The van der Waals surface area contributed by atoms with Crippen molar-refractivity contribution in [1.82, 2.24) is 10.6 Å². The molecule has 1 unspecified atom stereocenters. The SMILES string of the molecule is COc1cccc(CNC(=O)CC2COCCN2)c1OC.Cl. The van der Waals surface area contributed by atoms with E-state index in [2.05, 4.69) is 10.6 Å². The highest BCUT2D eigenvalue weighted by molar-refractivity contribution is 5.85. The number of para-hydroxylation sites is 1. The van der Waals surface area contributed by atoms with Crippen LogP contribution in [0.5, 0.6) is 11.5 Å². The van der Waals surface area contributed by atoms with Crippen LogP contribution in [0.1, 0.15) is 12.0 Å². The van der Waals surface area contributed by atoms with Gasteiger partial charge in [-0.1, -0.05) is 12.1 Å². The van der Waals surface area contributed by atoms with Gasteiger partial charge in [0.15, 0.2) is 11.5 Å². The molecule has 7 heteroatoms. The Kier molecular flexibility index (Phi) is 8.01. The highest BCUT2D eigenvalue weighted by Crippen LogP contribution is 2.30. The molecule has 1 saturated heterocycles. The minimum absolute atomic E-state index is 0.